The first-order valence-corrected chi connectivity index (χ1v) is 6.02. The standard InChI is InChI=1S/C9H10F3NO3S/c10-6-2-1-3-7(4-6)17(15,16)13-5-8(14)9(11)12/h1-4,8-9,13-14H,5H2. The summed E-state index contributed by atoms with van der Waals surface area (Å²) in [5.74, 6) is -0.762. The second-order valence-corrected chi connectivity index (χ2v) is 4.98. The zero-order chi connectivity index (χ0) is 13.1. The summed E-state index contributed by atoms with van der Waals surface area (Å²) < 4.78 is 61.3. The van der Waals surface area contributed by atoms with E-state index in [9.17, 15) is 21.6 Å². The van der Waals surface area contributed by atoms with Crippen molar-refractivity contribution in [1.29, 1.82) is 0 Å². The SMILES string of the molecule is O=S(=O)(NCC(O)C(F)F)c1cccc(F)c1. The Bertz CT molecular complexity index is 478. The summed E-state index contributed by atoms with van der Waals surface area (Å²) in [5.41, 5.74) is 0. The van der Waals surface area contributed by atoms with Crippen molar-refractivity contribution in [2.45, 2.75) is 17.4 Å². The van der Waals surface area contributed by atoms with Crippen LogP contribution >= 0.6 is 0 Å². The third-order valence-electron chi connectivity index (χ3n) is 1.88. The normalized spacial score (nSPS) is 13.9. The fourth-order valence-corrected chi connectivity index (χ4v) is 2.08. The first-order valence-electron chi connectivity index (χ1n) is 4.54. The Labute approximate surface area is 96.1 Å². The molecule has 4 nitrogen and oxygen atoms in total. The number of rotatable bonds is 5. The van der Waals surface area contributed by atoms with Gasteiger partial charge in [-0.15, -0.1) is 0 Å². The Kier molecular flexibility index (Phi) is 4.49. The van der Waals surface area contributed by atoms with E-state index in [1.54, 1.807) is 4.72 Å². The van der Waals surface area contributed by atoms with Crippen molar-refractivity contribution in [2.75, 3.05) is 6.54 Å². The average molecular weight is 269 g/mol. The number of aliphatic hydroxyl groups is 1. The van der Waals surface area contributed by atoms with Crippen LogP contribution in [0.15, 0.2) is 29.2 Å². The maximum absolute atomic E-state index is 12.8. The van der Waals surface area contributed by atoms with Gasteiger partial charge in [0.2, 0.25) is 10.0 Å². The van der Waals surface area contributed by atoms with Gasteiger partial charge in [-0.3, -0.25) is 0 Å². The first kappa shape index (κ1) is 13.9. The van der Waals surface area contributed by atoms with Crippen molar-refractivity contribution in [3.63, 3.8) is 0 Å². The quantitative estimate of drug-likeness (QED) is 0.828. The maximum Gasteiger partial charge on any atom is 0.265 e. The molecule has 1 unspecified atom stereocenters. The van der Waals surface area contributed by atoms with Crippen LogP contribution in [0.3, 0.4) is 0 Å². The van der Waals surface area contributed by atoms with Crippen molar-refractivity contribution in [2.24, 2.45) is 0 Å². The molecule has 0 aliphatic carbocycles. The summed E-state index contributed by atoms with van der Waals surface area (Å²) in [6.45, 7) is -0.837. The van der Waals surface area contributed by atoms with Gasteiger partial charge in [-0.25, -0.2) is 26.3 Å². The lowest BCUT2D eigenvalue weighted by molar-refractivity contribution is -0.000452. The van der Waals surface area contributed by atoms with E-state index in [1.165, 1.54) is 6.07 Å². The van der Waals surface area contributed by atoms with Crippen LogP contribution in [0.1, 0.15) is 0 Å². The van der Waals surface area contributed by atoms with Gasteiger partial charge in [0.05, 0.1) is 4.90 Å². The minimum Gasteiger partial charge on any atom is -0.386 e. The molecule has 0 aliphatic heterocycles. The third-order valence-corrected chi connectivity index (χ3v) is 3.30. The molecule has 0 amide bonds. The van der Waals surface area contributed by atoms with Crippen molar-refractivity contribution in [1.82, 2.24) is 4.72 Å². The lowest BCUT2D eigenvalue weighted by Crippen LogP contribution is -2.35. The van der Waals surface area contributed by atoms with Crippen LogP contribution < -0.4 is 4.72 Å². The molecule has 1 aromatic rings. The van der Waals surface area contributed by atoms with Crippen molar-refractivity contribution in [3.05, 3.63) is 30.1 Å². The van der Waals surface area contributed by atoms with Gasteiger partial charge in [0.15, 0.2) is 0 Å². The van der Waals surface area contributed by atoms with E-state index in [0.717, 1.165) is 18.2 Å². The van der Waals surface area contributed by atoms with Gasteiger partial charge < -0.3 is 5.11 Å². The molecule has 96 valence electrons. The van der Waals surface area contributed by atoms with Gasteiger partial charge in [-0.1, -0.05) is 6.07 Å². The highest BCUT2D eigenvalue weighted by Gasteiger charge is 2.21. The molecule has 0 aliphatic rings. The van der Waals surface area contributed by atoms with Gasteiger partial charge >= 0.3 is 0 Å². The van der Waals surface area contributed by atoms with E-state index in [-0.39, 0.29) is 4.90 Å². The summed E-state index contributed by atoms with van der Waals surface area (Å²) in [6.07, 6.45) is -5.15. The molecule has 0 fully saturated rings. The van der Waals surface area contributed by atoms with Gasteiger partial charge in [0.1, 0.15) is 11.9 Å². The van der Waals surface area contributed by atoms with Gasteiger partial charge in [0.25, 0.3) is 6.43 Å². The monoisotopic (exact) mass is 269 g/mol. The predicted molar refractivity (Wildman–Crippen MR) is 53.6 cm³/mol. The van der Waals surface area contributed by atoms with E-state index in [1.807, 2.05) is 0 Å². The van der Waals surface area contributed by atoms with Crippen molar-refractivity contribution < 1.29 is 26.7 Å². The highest BCUT2D eigenvalue weighted by molar-refractivity contribution is 7.89. The van der Waals surface area contributed by atoms with Crippen LogP contribution in [0, 0.1) is 5.82 Å². The van der Waals surface area contributed by atoms with E-state index >= 15 is 0 Å². The molecular formula is C9H10F3NO3S. The van der Waals surface area contributed by atoms with E-state index < -0.39 is 34.9 Å². The molecule has 2 N–H and O–H groups in total. The molecule has 8 heteroatoms. The fourth-order valence-electron chi connectivity index (χ4n) is 1.00. The molecule has 1 atom stereocenters. The molecule has 0 saturated carbocycles. The van der Waals surface area contributed by atoms with Crippen LogP contribution in [0.5, 0.6) is 0 Å². The molecule has 0 spiro atoms. The second kappa shape index (κ2) is 5.48. The summed E-state index contributed by atoms with van der Waals surface area (Å²) in [6, 6.07) is 4.08. The Morgan fingerprint density at radius 2 is 2.00 bits per heavy atom. The zero-order valence-corrected chi connectivity index (χ0v) is 9.29. The minimum absolute atomic E-state index is 0.390. The summed E-state index contributed by atoms with van der Waals surface area (Å²) >= 11 is 0. The van der Waals surface area contributed by atoms with Gasteiger partial charge in [-0.05, 0) is 18.2 Å². The van der Waals surface area contributed by atoms with Crippen LogP contribution in [0.25, 0.3) is 0 Å². The topological polar surface area (TPSA) is 66.4 Å². The number of hydrogen-bond acceptors (Lipinski definition) is 3. The molecule has 0 heterocycles. The third kappa shape index (κ3) is 3.99. The van der Waals surface area contributed by atoms with E-state index in [2.05, 4.69) is 0 Å². The number of hydrogen-bond donors (Lipinski definition) is 2. The Morgan fingerprint density at radius 1 is 1.35 bits per heavy atom. The highest BCUT2D eigenvalue weighted by atomic mass is 32.2. The Balaban J connectivity index is 2.76. The predicted octanol–water partition coefficient (Wildman–Crippen LogP) is 0.730. The largest absolute Gasteiger partial charge is 0.386 e. The van der Waals surface area contributed by atoms with E-state index in [4.69, 9.17) is 5.11 Å². The Morgan fingerprint density at radius 3 is 2.53 bits per heavy atom. The van der Waals surface area contributed by atoms with Crippen molar-refractivity contribution in [3.8, 4) is 0 Å². The fraction of sp³-hybridized carbons (Fsp3) is 0.333. The van der Waals surface area contributed by atoms with Crippen molar-refractivity contribution >= 4 is 10.0 Å². The lowest BCUT2D eigenvalue weighted by Gasteiger charge is -2.11. The number of aliphatic hydroxyl groups excluding tert-OH is 1. The zero-order valence-electron chi connectivity index (χ0n) is 8.48. The number of nitrogens with one attached hydrogen (secondary N) is 1. The van der Waals surface area contributed by atoms with Crippen LogP contribution in [-0.4, -0.2) is 32.6 Å². The number of sulfonamides is 1. The number of halogens is 3. The molecule has 0 saturated heterocycles. The van der Waals surface area contributed by atoms with Gasteiger partial charge in [-0.2, -0.15) is 0 Å². The number of benzene rings is 1. The summed E-state index contributed by atoms with van der Waals surface area (Å²) in [7, 11) is -4.09. The molecular weight excluding hydrogens is 259 g/mol. The molecule has 1 aromatic carbocycles. The van der Waals surface area contributed by atoms with Crippen LogP contribution in [-0.2, 0) is 10.0 Å². The van der Waals surface area contributed by atoms with E-state index in [0.29, 0.717) is 0 Å². The maximum atomic E-state index is 12.8. The average Bonchev–Trinajstić information content (AvgIpc) is 2.26. The molecule has 0 radical (unpaired) electrons. The summed E-state index contributed by atoms with van der Waals surface area (Å²) in [4.78, 5) is -0.390. The molecule has 0 bridgehead atoms. The number of alkyl halides is 2. The molecule has 17 heavy (non-hydrogen) atoms. The lowest BCUT2D eigenvalue weighted by atomic mass is 10.4. The molecule has 1 rings (SSSR count). The first-order chi connectivity index (χ1) is 7.83. The minimum atomic E-state index is -4.09. The summed E-state index contributed by atoms with van der Waals surface area (Å²) in [5, 5.41) is 8.74. The second-order valence-electron chi connectivity index (χ2n) is 3.21. The van der Waals surface area contributed by atoms with Gasteiger partial charge in [0, 0.05) is 6.54 Å². The highest BCUT2D eigenvalue weighted by Crippen LogP contribution is 2.10. The van der Waals surface area contributed by atoms with Crippen LogP contribution in [0.2, 0.25) is 0 Å². The Hall–Kier alpha value is -1.12. The smallest absolute Gasteiger partial charge is 0.265 e. The molecule has 0 aromatic heterocycles. The van der Waals surface area contributed by atoms with Crippen LogP contribution in [0.4, 0.5) is 13.2 Å².